The fraction of sp³-hybridized carbons (Fsp3) is 0.500. The fourth-order valence-electron chi connectivity index (χ4n) is 1.38. The maximum absolute atomic E-state index is 6.25. The van der Waals surface area contributed by atoms with Crippen LogP contribution in [0.1, 0.15) is 32.8 Å². The Morgan fingerprint density at radius 3 is 2.50 bits per heavy atom. The summed E-state index contributed by atoms with van der Waals surface area (Å²) < 4.78 is 5.19. The molecule has 0 aliphatic rings. The lowest BCUT2D eigenvalue weighted by Crippen LogP contribution is -2.16. The summed E-state index contributed by atoms with van der Waals surface area (Å²) in [5, 5.41) is 0.738. The molecule has 0 N–H and O–H groups in total. The quantitative estimate of drug-likeness (QED) is 0.735. The summed E-state index contributed by atoms with van der Waals surface area (Å²) in [6.45, 7) is 6.54. The van der Waals surface area contributed by atoms with Crippen molar-refractivity contribution in [1.82, 2.24) is 0 Å². The van der Waals surface area contributed by atoms with Crippen LogP contribution in [0.25, 0.3) is 0 Å². The van der Waals surface area contributed by atoms with Crippen molar-refractivity contribution < 1.29 is 4.74 Å². The molecule has 2 heteroatoms. The highest BCUT2D eigenvalue weighted by atomic mass is 35.5. The third-order valence-electron chi connectivity index (χ3n) is 2.80. The normalized spacial score (nSPS) is 11.5. The summed E-state index contributed by atoms with van der Waals surface area (Å²) in [4.78, 5) is 0. The van der Waals surface area contributed by atoms with E-state index < -0.39 is 0 Å². The molecule has 14 heavy (non-hydrogen) atoms. The zero-order chi connectivity index (χ0) is 10.8. The zero-order valence-corrected chi connectivity index (χ0v) is 9.98. The second-order valence-electron chi connectivity index (χ2n) is 4.06. The predicted molar refractivity (Wildman–Crippen MR) is 61.3 cm³/mol. The van der Waals surface area contributed by atoms with E-state index >= 15 is 0 Å². The van der Waals surface area contributed by atoms with Crippen molar-refractivity contribution in [3.8, 4) is 5.75 Å². The van der Waals surface area contributed by atoms with Crippen LogP contribution in [0.2, 0.25) is 5.02 Å². The molecule has 78 valence electrons. The lowest BCUT2D eigenvalue weighted by molar-refractivity contribution is 0.411. The number of methoxy groups -OCH3 is 1. The minimum Gasteiger partial charge on any atom is -0.495 e. The third kappa shape index (κ3) is 2.03. The van der Waals surface area contributed by atoms with Crippen LogP contribution in [0.15, 0.2) is 18.2 Å². The van der Waals surface area contributed by atoms with Crippen molar-refractivity contribution in [1.29, 1.82) is 0 Å². The Morgan fingerprint density at radius 2 is 2.00 bits per heavy atom. The van der Waals surface area contributed by atoms with Gasteiger partial charge in [-0.1, -0.05) is 44.5 Å². The molecule has 1 rings (SSSR count). The first-order chi connectivity index (χ1) is 6.53. The van der Waals surface area contributed by atoms with E-state index in [4.69, 9.17) is 16.3 Å². The molecular formula is C12H17ClO. The Kier molecular flexibility index (Phi) is 3.43. The Bertz CT molecular complexity index is 318. The average Bonchev–Trinajstić information content (AvgIpc) is 2.18. The summed E-state index contributed by atoms with van der Waals surface area (Å²) in [7, 11) is 1.64. The van der Waals surface area contributed by atoms with Gasteiger partial charge in [-0.3, -0.25) is 0 Å². The van der Waals surface area contributed by atoms with Crippen molar-refractivity contribution in [3.63, 3.8) is 0 Å². The van der Waals surface area contributed by atoms with Crippen molar-refractivity contribution in [2.75, 3.05) is 7.11 Å². The van der Waals surface area contributed by atoms with Gasteiger partial charge in [-0.25, -0.2) is 0 Å². The van der Waals surface area contributed by atoms with Gasteiger partial charge in [-0.2, -0.15) is 0 Å². The molecule has 0 spiro atoms. The predicted octanol–water partition coefficient (Wildman–Crippen LogP) is 4.04. The molecule has 0 heterocycles. The van der Waals surface area contributed by atoms with E-state index in [2.05, 4.69) is 26.8 Å². The Morgan fingerprint density at radius 1 is 1.36 bits per heavy atom. The summed E-state index contributed by atoms with van der Waals surface area (Å²) in [6, 6.07) is 5.93. The van der Waals surface area contributed by atoms with Gasteiger partial charge in [-0.15, -0.1) is 0 Å². The van der Waals surface area contributed by atoms with E-state index in [0.29, 0.717) is 0 Å². The van der Waals surface area contributed by atoms with Crippen molar-refractivity contribution in [2.24, 2.45) is 0 Å². The Labute approximate surface area is 91.0 Å². The van der Waals surface area contributed by atoms with Crippen LogP contribution in [0.3, 0.4) is 0 Å². The highest BCUT2D eigenvalue weighted by molar-refractivity contribution is 6.33. The number of ether oxygens (including phenoxy) is 1. The number of benzene rings is 1. The summed E-state index contributed by atoms with van der Waals surface area (Å²) in [5.74, 6) is 0.755. The van der Waals surface area contributed by atoms with Crippen LogP contribution in [0.5, 0.6) is 5.75 Å². The maximum atomic E-state index is 6.25. The first-order valence-electron chi connectivity index (χ1n) is 4.86. The highest BCUT2D eigenvalue weighted by Crippen LogP contribution is 2.37. The first kappa shape index (κ1) is 11.4. The van der Waals surface area contributed by atoms with Crippen molar-refractivity contribution in [2.45, 2.75) is 32.6 Å². The Balaban J connectivity index is 3.22. The molecule has 0 bridgehead atoms. The fourth-order valence-corrected chi connectivity index (χ4v) is 1.84. The van der Waals surface area contributed by atoms with Crippen LogP contribution in [0, 0.1) is 0 Å². The molecule has 1 aromatic carbocycles. The van der Waals surface area contributed by atoms with Gasteiger partial charge in [0, 0.05) is 0 Å². The minimum absolute atomic E-state index is 0.103. The van der Waals surface area contributed by atoms with Gasteiger partial charge >= 0.3 is 0 Å². The van der Waals surface area contributed by atoms with E-state index in [1.807, 2.05) is 12.1 Å². The summed E-state index contributed by atoms with van der Waals surface area (Å²) in [6.07, 6.45) is 1.06. The van der Waals surface area contributed by atoms with E-state index in [1.54, 1.807) is 7.11 Å². The van der Waals surface area contributed by atoms with Gasteiger partial charge in [0.1, 0.15) is 5.75 Å². The molecule has 0 saturated carbocycles. The van der Waals surface area contributed by atoms with Crippen LogP contribution < -0.4 is 4.74 Å². The van der Waals surface area contributed by atoms with Crippen LogP contribution in [-0.2, 0) is 5.41 Å². The van der Waals surface area contributed by atoms with Crippen LogP contribution in [0.4, 0.5) is 0 Å². The molecule has 0 aliphatic heterocycles. The average molecular weight is 213 g/mol. The molecule has 0 atom stereocenters. The van der Waals surface area contributed by atoms with Crippen molar-refractivity contribution in [3.05, 3.63) is 28.8 Å². The monoisotopic (exact) mass is 212 g/mol. The number of halogens is 1. The van der Waals surface area contributed by atoms with Gasteiger partial charge in [0.05, 0.1) is 12.1 Å². The largest absolute Gasteiger partial charge is 0.495 e. The third-order valence-corrected chi connectivity index (χ3v) is 3.19. The first-order valence-corrected chi connectivity index (χ1v) is 5.23. The van der Waals surface area contributed by atoms with Gasteiger partial charge in [0.15, 0.2) is 0 Å². The molecule has 0 saturated heterocycles. The Hall–Kier alpha value is -0.690. The lowest BCUT2D eigenvalue weighted by atomic mass is 9.82. The maximum Gasteiger partial charge on any atom is 0.137 e. The summed E-state index contributed by atoms with van der Waals surface area (Å²) >= 11 is 6.25. The van der Waals surface area contributed by atoms with E-state index in [-0.39, 0.29) is 5.41 Å². The van der Waals surface area contributed by atoms with Crippen LogP contribution >= 0.6 is 11.6 Å². The molecular weight excluding hydrogens is 196 g/mol. The zero-order valence-electron chi connectivity index (χ0n) is 9.23. The molecule has 0 unspecified atom stereocenters. The standard InChI is InChI=1S/C12H17ClO/c1-5-12(2,3)9-7-6-8-10(14-4)11(9)13/h6-8H,5H2,1-4H3. The van der Waals surface area contributed by atoms with Gasteiger partial charge in [0.2, 0.25) is 0 Å². The number of hydrogen-bond acceptors (Lipinski definition) is 1. The van der Waals surface area contributed by atoms with Crippen LogP contribution in [-0.4, -0.2) is 7.11 Å². The van der Waals surface area contributed by atoms with E-state index in [1.165, 1.54) is 0 Å². The number of rotatable bonds is 3. The molecule has 1 nitrogen and oxygen atoms in total. The van der Waals surface area contributed by atoms with Crippen molar-refractivity contribution >= 4 is 11.6 Å². The second-order valence-corrected chi connectivity index (χ2v) is 4.44. The SMILES string of the molecule is CCC(C)(C)c1cccc(OC)c1Cl. The topological polar surface area (TPSA) is 9.23 Å². The minimum atomic E-state index is 0.103. The molecule has 0 fully saturated rings. The molecule has 0 amide bonds. The van der Waals surface area contributed by atoms with E-state index in [0.717, 1.165) is 22.8 Å². The molecule has 0 radical (unpaired) electrons. The smallest absolute Gasteiger partial charge is 0.137 e. The van der Waals surface area contributed by atoms with Gasteiger partial charge < -0.3 is 4.74 Å². The van der Waals surface area contributed by atoms with E-state index in [9.17, 15) is 0 Å². The lowest BCUT2D eigenvalue weighted by Gasteiger charge is -2.25. The summed E-state index contributed by atoms with van der Waals surface area (Å²) in [5.41, 5.74) is 1.26. The molecule has 0 aliphatic carbocycles. The molecule has 1 aromatic rings. The highest BCUT2D eigenvalue weighted by Gasteiger charge is 2.22. The number of hydrogen-bond donors (Lipinski definition) is 0. The van der Waals surface area contributed by atoms with Gasteiger partial charge in [-0.05, 0) is 23.5 Å². The van der Waals surface area contributed by atoms with Gasteiger partial charge in [0.25, 0.3) is 0 Å². The molecule has 0 aromatic heterocycles. The second kappa shape index (κ2) is 4.22.